The van der Waals surface area contributed by atoms with Crippen LogP contribution in [-0.2, 0) is 11.2 Å². The minimum Gasteiger partial charge on any atom is -0.341 e. The smallest absolute Gasteiger partial charge is 0.257 e. The molecule has 4 rings (SSSR count). The van der Waals surface area contributed by atoms with Crippen LogP contribution >= 0.6 is 0 Å². The third-order valence-electron chi connectivity index (χ3n) is 5.04. The van der Waals surface area contributed by atoms with Crippen molar-refractivity contribution in [1.29, 1.82) is 0 Å². The third kappa shape index (κ3) is 3.31. The first-order chi connectivity index (χ1) is 12.7. The van der Waals surface area contributed by atoms with E-state index in [9.17, 15) is 9.59 Å². The number of carbonyl (C=O) groups is 2. The number of fused-ring (bicyclic) bond motifs is 1. The first kappa shape index (κ1) is 16.7. The Bertz CT molecular complexity index is 816. The zero-order valence-corrected chi connectivity index (χ0v) is 14.7. The minimum atomic E-state index is -0.135. The Labute approximate surface area is 152 Å². The topological polar surface area (TPSA) is 66.4 Å². The molecule has 1 saturated heterocycles. The van der Waals surface area contributed by atoms with Crippen molar-refractivity contribution in [3.8, 4) is 11.4 Å². The number of hydrogen-bond acceptors (Lipinski definition) is 4. The molecule has 1 aromatic carbocycles. The van der Waals surface area contributed by atoms with Crippen molar-refractivity contribution >= 4 is 11.8 Å². The van der Waals surface area contributed by atoms with Gasteiger partial charge in [-0.05, 0) is 25.7 Å². The molecule has 0 bridgehead atoms. The Hall–Kier alpha value is -2.76. The van der Waals surface area contributed by atoms with Crippen molar-refractivity contribution in [2.24, 2.45) is 0 Å². The van der Waals surface area contributed by atoms with Gasteiger partial charge in [0.15, 0.2) is 5.82 Å². The van der Waals surface area contributed by atoms with Gasteiger partial charge >= 0.3 is 0 Å². The van der Waals surface area contributed by atoms with Gasteiger partial charge in [0.1, 0.15) is 6.54 Å². The molecule has 26 heavy (non-hydrogen) atoms. The zero-order chi connectivity index (χ0) is 17.9. The van der Waals surface area contributed by atoms with Crippen molar-refractivity contribution in [1.82, 2.24) is 19.8 Å². The molecule has 1 aromatic heterocycles. The van der Waals surface area contributed by atoms with Crippen LogP contribution in [0.2, 0.25) is 0 Å². The number of aromatic nitrogens is 2. The molecule has 2 aliphatic heterocycles. The highest BCUT2D eigenvalue weighted by Gasteiger charge is 2.28. The predicted molar refractivity (Wildman–Crippen MR) is 97.5 cm³/mol. The fraction of sp³-hybridized carbons (Fsp3) is 0.400. The Balaban J connectivity index is 1.55. The number of hydrogen-bond donors (Lipinski definition) is 0. The second kappa shape index (κ2) is 7.23. The Morgan fingerprint density at radius 3 is 2.58 bits per heavy atom. The SMILES string of the molecule is O=C(CN1CCCc2nc(-c3ccccc3)ncc2C1=O)N1CCCC1. The molecule has 3 heterocycles. The van der Waals surface area contributed by atoms with E-state index in [0.29, 0.717) is 17.9 Å². The van der Waals surface area contributed by atoms with Crippen LogP contribution in [-0.4, -0.2) is 57.8 Å². The minimum absolute atomic E-state index is 0.0427. The van der Waals surface area contributed by atoms with E-state index in [-0.39, 0.29) is 18.4 Å². The molecule has 134 valence electrons. The van der Waals surface area contributed by atoms with Gasteiger partial charge in [-0.2, -0.15) is 0 Å². The first-order valence-corrected chi connectivity index (χ1v) is 9.21. The molecule has 0 spiro atoms. The van der Waals surface area contributed by atoms with Crippen LogP contribution in [0, 0.1) is 0 Å². The summed E-state index contributed by atoms with van der Waals surface area (Å²) in [4.78, 5) is 37.9. The van der Waals surface area contributed by atoms with Crippen LogP contribution in [0.1, 0.15) is 35.3 Å². The van der Waals surface area contributed by atoms with E-state index in [1.807, 2.05) is 35.2 Å². The van der Waals surface area contributed by atoms with E-state index < -0.39 is 0 Å². The van der Waals surface area contributed by atoms with Crippen LogP contribution in [0.25, 0.3) is 11.4 Å². The van der Waals surface area contributed by atoms with Crippen LogP contribution < -0.4 is 0 Å². The molecule has 0 radical (unpaired) electrons. The fourth-order valence-electron chi connectivity index (χ4n) is 3.60. The quantitative estimate of drug-likeness (QED) is 0.851. The van der Waals surface area contributed by atoms with E-state index in [4.69, 9.17) is 0 Å². The van der Waals surface area contributed by atoms with Crippen molar-refractivity contribution in [2.45, 2.75) is 25.7 Å². The highest BCUT2D eigenvalue weighted by molar-refractivity contribution is 5.97. The standard InChI is InChI=1S/C20H22N4O2/c25-18(23-10-4-5-11-23)14-24-12-6-9-17-16(20(24)26)13-21-19(22-17)15-7-2-1-3-8-15/h1-3,7-8,13H,4-6,9-12,14H2. The van der Waals surface area contributed by atoms with Crippen LogP contribution in [0.15, 0.2) is 36.5 Å². The summed E-state index contributed by atoms with van der Waals surface area (Å²) in [5.74, 6) is 0.546. The van der Waals surface area contributed by atoms with Gasteiger partial charge in [-0.25, -0.2) is 9.97 Å². The van der Waals surface area contributed by atoms with Crippen LogP contribution in [0.5, 0.6) is 0 Å². The van der Waals surface area contributed by atoms with E-state index in [1.54, 1.807) is 11.1 Å². The molecule has 0 unspecified atom stereocenters. The zero-order valence-electron chi connectivity index (χ0n) is 14.7. The Kier molecular flexibility index (Phi) is 4.65. The van der Waals surface area contributed by atoms with Crippen molar-refractivity contribution < 1.29 is 9.59 Å². The molecule has 0 atom stereocenters. The molecule has 1 fully saturated rings. The molecule has 2 aromatic rings. The molecule has 0 aliphatic carbocycles. The summed E-state index contributed by atoms with van der Waals surface area (Å²) in [5.41, 5.74) is 2.24. The monoisotopic (exact) mass is 350 g/mol. The number of amides is 2. The van der Waals surface area contributed by atoms with Crippen molar-refractivity contribution in [3.05, 3.63) is 47.8 Å². The summed E-state index contributed by atoms with van der Waals surface area (Å²) in [5, 5.41) is 0. The number of carbonyl (C=O) groups excluding carboxylic acids is 2. The number of rotatable bonds is 3. The normalized spacial score (nSPS) is 17.2. The molecule has 2 aliphatic rings. The Morgan fingerprint density at radius 2 is 1.81 bits per heavy atom. The lowest BCUT2D eigenvalue weighted by Crippen LogP contribution is -2.42. The van der Waals surface area contributed by atoms with E-state index in [0.717, 1.165) is 50.0 Å². The summed E-state index contributed by atoms with van der Waals surface area (Å²) in [6.45, 7) is 2.34. The van der Waals surface area contributed by atoms with E-state index in [1.165, 1.54) is 0 Å². The van der Waals surface area contributed by atoms with Gasteiger partial charge in [-0.15, -0.1) is 0 Å². The lowest BCUT2D eigenvalue weighted by molar-refractivity contribution is -0.130. The lowest BCUT2D eigenvalue weighted by atomic mass is 10.1. The molecular formula is C20H22N4O2. The number of benzene rings is 1. The highest BCUT2D eigenvalue weighted by atomic mass is 16.2. The van der Waals surface area contributed by atoms with Gasteiger partial charge in [-0.3, -0.25) is 9.59 Å². The highest BCUT2D eigenvalue weighted by Crippen LogP contribution is 2.21. The van der Waals surface area contributed by atoms with Crippen molar-refractivity contribution in [2.75, 3.05) is 26.2 Å². The van der Waals surface area contributed by atoms with Gasteiger partial charge in [0, 0.05) is 31.4 Å². The molecular weight excluding hydrogens is 328 g/mol. The van der Waals surface area contributed by atoms with Gasteiger partial charge in [-0.1, -0.05) is 30.3 Å². The summed E-state index contributed by atoms with van der Waals surface area (Å²) in [6, 6.07) is 9.76. The molecule has 2 amide bonds. The summed E-state index contributed by atoms with van der Waals surface area (Å²) < 4.78 is 0. The average Bonchev–Trinajstić information content (AvgIpc) is 3.17. The third-order valence-corrected chi connectivity index (χ3v) is 5.04. The second-order valence-electron chi connectivity index (χ2n) is 6.84. The first-order valence-electron chi connectivity index (χ1n) is 9.21. The van der Waals surface area contributed by atoms with Gasteiger partial charge in [0.05, 0.1) is 11.3 Å². The lowest BCUT2D eigenvalue weighted by Gasteiger charge is -2.23. The number of nitrogens with zero attached hydrogens (tertiary/aromatic N) is 4. The predicted octanol–water partition coefficient (Wildman–Crippen LogP) is 2.15. The van der Waals surface area contributed by atoms with Crippen LogP contribution in [0.3, 0.4) is 0 Å². The van der Waals surface area contributed by atoms with Gasteiger partial charge < -0.3 is 9.80 Å². The molecule has 6 nitrogen and oxygen atoms in total. The maximum atomic E-state index is 12.9. The maximum Gasteiger partial charge on any atom is 0.257 e. The number of aryl methyl sites for hydroxylation is 1. The molecule has 0 saturated carbocycles. The van der Waals surface area contributed by atoms with Crippen molar-refractivity contribution in [3.63, 3.8) is 0 Å². The van der Waals surface area contributed by atoms with E-state index >= 15 is 0 Å². The summed E-state index contributed by atoms with van der Waals surface area (Å²) in [6.07, 6.45) is 5.25. The van der Waals surface area contributed by atoms with Gasteiger partial charge in [0.2, 0.25) is 5.91 Å². The fourth-order valence-corrected chi connectivity index (χ4v) is 3.60. The molecule has 6 heteroatoms. The second-order valence-corrected chi connectivity index (χ2v) is 6.84. The van der Waals surface area contributed by atoms with Crippen LogP contribution in [0.4, 0.5) is 0 Å². The molecule has 0 N–H and O–H groups in total. The van der Waals surface area contributed by atoms with E-state index in [2.05, 4.69) is 9.97 Å². The maximum absolute atomic E-state index is 12.9. The summed E-state index contributed by atoms with van der Waals surface area (Å²) in [7, 11) is 0. The Morgan fingerprint density at radius 1 is 1.04 bits per heavy atom. The summed E-state index contributed by atoms with van der Waals surface area (Å²) >= 11 is 0. The van der Waals surface area contributed by atoms with Gasteiger partial charge in [0.25, 0.3) is 5.91 Å². The average molecular weight is 350 g/mol. The number of likely N-dealkylation sites (tertiary alicyclic amines) is 1. The largest absolute Gasteiger partial charge is 0.341 e.